The summed E-state index contributed by atoms with van der Waals surface area (Å²) in [5, 5.41) is 5.09. The van der Waals surface area contributed by atoms with E-state index >= 15 is 0 Å². The molecule has 0 unspecified atom stereocenters. The van der Waals surface area contributed by atoms with Crippen LogP contribution >= 0.6 is 11.3 Å². The fourth-order valence-corrected chi connectivity index (χ4v) is 5.92. The molecule has 3 heteroatoms. The van der Waals surface area contributed by atoms with Gasteiger partial charge in [-0.25, -0.2) is 0 Å². The molecule has 0 spiro atoms. The summed E-state index contributed by atoms with van der Waals surface area (Å²) in [4.78, 5) is 5.88. The van der Waals surface area contributed by atoms with Crippen molar-refractivity contribution in [3.05, 3.63) is 65.5 Å². The van der Waals surface area contributed by atoms with E-state index in [4.69, 9.17) is 9.40 Å². The molecular formula is C29H31NOS. The van der Waals surface area contributed by atoms with Crippen molar-refractivity contribution in [1.82, 2.24) is 4.98 Å². The third kappa shape index (κ3) is 3.53. The molecule has 0 aliphatic heterocycles. The molecule has 164 valence electrons. The molecule has 0 N–H and O–H groups in total. The minimum atomic E-state index is 0.0466. The van der Waals surface area contributed by atoms with Gasteiger partial charge in [0.1, 0.15) is 5.76 Å². The Labute approximate surface area is 194 Å². The van der Waals surface area contributed by atoms with Crippen molar-refractivity contribution in [2.45, 2.75) is 60.3 Å². The van der Waals surface area contributed by atoms with Crippen LogP contribution in [0.2, 0.25) is 0 Å². The van der Waals surface area contributed by atoms with Crippen LogP contribution in [0.3, 0.4) is 0 Å². The molecule has 5 rings (SSSR count). The quantitative estimate of drug-likeness (QED) is 0.273. The largest absolute Gasteiger partial charge is 0.450 e. The first-order valence-corrected chi connectivity index (χ1v) is 12.2. The van der Waals surface area contributed by atoms with Crippen LogP contribution in [-0.4, -0.2) is 4.98 Å². The maximum absolute atomic E-state index is 6.39. The van der Waals surface area contributed by atoms with Crippen molar-refractivity contribution in [3.63, 3.8) is 0 Å². The van der Waals surface area contributed by atoms with Crippen LogP contribution < -0.4 is 0 Å². The van der Waals surface area contributed by atoms with Crippen LogP contribution in [0.4, 0.5) is 0 Å². The first-order valence-electron chi connectivity index (χ1n) is 11.4. The van der Waals surface area contributed by atoms with Crippen molar-refractivity contribution >= 4 is 42.5 Å². The maximum Gasteiger partial charge on any atom is 0.189 e. The molecule has 3 aromatic heterocycles. The van der Waals surface area contributed by atoms with Crippen molar-refractivity contribution < 1.29 is 4.42 Å². The molecular weight excluding hydrogens is 410 g/mol. The Bertz CT molecular complexity index is 1470. The number of hydrogen-bond donors (Lipinski definition) is 0. The van der Waals surface area contributed by atoms with E-state index in [1.165, 1.54) is 42.9 Å². The van der Waals surface area contributed by atoms with Crippen LogP contribution in [0.15, 0.2) is 53.1 Å². The van der Waals surface area contributed by atoms with Crippen LogP contribution in [0, 0.1) is 12.3 Å². The molecule has 5 aromatic rings. The molecule has 2 aromatic carbocycles. The van der Waals surface area contributed by atoms with E-state index in [1.807, 2.05) is 6.20 Å². The minimum Gasteiger partial charge on any atom is -0.450 e. The molecule has 0 atom stereocenters. The second-order valence-electron chi connectivity index (χ2n) is 11.2. The standard InChI is InChI=1S/C29H31NOS/c1-17-23(16-28(2,3)4)31-27-24(17)21-12-13-30-25(26(21)32-27)19-14-18-10-8-9-11-20(18)22(15-19)29(5,6)7/h8-15H,16H2,1-7H3. The van der Waals surface area contributed by atoms with Gasteiger partial charge >= 0.3 is 0 Å². The zero-order valence-corrected chi connectivity index (χ0v) is 20.9. The monoisotopic (exact) mass is 441 g/mol. The molecule has 3 heterocycles. The Balaban J connectivity index is 1.75. The van der Waals surface area contributed by atoms with E-state index in [2.05, 4.69) is 90.9 Å². The molecule has 32 heavy (non-hydrogen) atoms. The van der Waals surface area contributed by atoms with Crippen LogP contribution in [-0.2, 0) is 11.8 Å². The third-order valence-corrected chi connectivity index (χ3v) is 7.31. The Kier molecular flexibility index (Phi) is 4.76. The van der Waals surface area contributed by atoms with Gasteiger partial charge in [-0.2, -0.15) is 0 Å². The lowest BCUT2D eigenvalue weighted by atomic mass is 9.82. The van der Waals surface area contributed by atoms with Gasteiger partial charge < -0.3 is 4.42 Å². The topological polar surface area (TPSA) is 26.0 Å². The number of nitrogens with zero attached hydrogens (tertiary/aromatic N) is 1. The summed E-state index contributed by atoms with van der Waals surface area (Å²) >= 11 is 1.73. The second kappa shape index (κ2) is 7.18. The highest BCUT2D eigenvalue weighted by molar-refractivity contribution is 7.25. The van der Waals surface area contributed by atoms with Gasteiger partial charge in [0.05, 0.1) is 10.4 Å². The number of pyridine rings is 1. The second-order valence-corrected chi connectivity index (χ2v) is 12.2. The highest BCUT2D eigenvalue weighted by Gasteiger charge is 2.24. The summed E-state index contributed by atoms with van der Waals surface area (Å²) < 4.78 is 7.60. The van der Waals surface area contributed by atoms with Gasteiger partial charge in [0.25, 0.3) is 0 Å². The average Bonchev–Trinajstić information content (AvgIpc) is 3.21. The molecule has 0 amide bonds. The first kappa shape index (κ1) is 21.2. The fraction of sp³-hybridized carbons (Fsp3) is 0.345. The van der Waals surface area contributed by atoms with E-state index in [-0.39, 0.29) is 10.8 Å². The Morgan fingerprint density at radius 1 is 0.938 bits per heavy atom. The van der Waals surface area contributed by atoms with Gasteiger partial charge in [0.2, 0.25) is 0 Å². The van der Waals surface area contributed by atoms with Crippen LogP contribution in [0.1, 0.15) is 58.4 Å². The third-order valence-electron chi connectivity index (χ3n) is 6.22. The number of aryl methyl sites for hydroxylation is 1. The molecule has 0 saturated heterocycles. The van der Waals surface area contributed by atoms with Gasteiger partial charge in [0.15, 0.2) is 4.90 Å². The van der Waals surface area contributed by atoms with E-state index in [9.17, 15) is 0 Å². The maximum atomic E-state index is 6.39. The Morgan fingerprint density at radius 3 is 2.41 bits per heavy atom. The van der Waals surface area contributed by atoms with Gasteiger partial charge in [-0.15, -0.1) is 0 Å². The molecule has 0 bridgehead atoms. The van der Waals surface area contributed by atoms with Gasteiger partial charge in [-0.3, -0.25) is 4.98 Å². The first-order chi connectivity index (χ1) is 15.0. The van der Waals surface area contributed by atoms with Crippen molar-refractivity contribution in [3.8, 4) is 11.3 Å². The number of rotatable bonds is 2. The molecule has 0 aliphatic rings. The zero-order chi connectivity index (χ0) is 22.8. The van der Waals surface area contributed by atoms with E-state index in [0.29, 0.717) is 0 Å². The summed E-state index contributed by atoms with van der Waals surface area (Å²) in [6, 6.07) is 15.4. The lowest BCUT2D eigenvalue weighted by Crippen LogP contribution is -2.12. The predicted octanol–water partition coefficient (Wildman–Crippen LogP) is 9.06. The Hall–Kier alpha value is -2.65. The molecule has 2 nitrogen and oxygen atoms in total. The summed E-state index contributed by atoms with van der Waals surface area (Å²) in [5.74, 6) is 1.11. The van der Waals surface area contributed by atoms with E-state index in [1.54, 1.807) is 11.3 Å². The van der Waals surface area contributed by atoms with Gasteiger partial charge in [-0.1, -0.05) is 77.1 Å². The zero-order valence-electron chi connectivity index (χ0n) is 20.1. The fourth-order valence-electron chi connectivity index (χ4n) is 4.68. The van der Waals surface area contributed by atoms with E-state index in [0.717, 1.165) is 22.8 Å². The van der Waals surface area contributed by atoms with Crippen LogP contribution in [0.5, 0.6) is 0 Å². The van der Waals surface area contributed by atoms with Gasteiger partial charge in [-0.05, 0) is 57.9 Å². The smallest absolute Gasteiger partial charge is 0.189 e. The average molecular weight is 442 g/mol. The SMILES string of the molecule is Cc1c(CC(C)(C)C)oc2sc3c(-c4cc(C(C)(C)C)c5ccccc5c4)nccc3c12. The summed E-state index contributed by atoms with van der Waals surface area (Å²) in [7, 11) is 0. The normalized spacial score (nSPS) is 13.0. The number of fused-ring (bicyclic) bond motifs is 4. The summed E-state index contributed by atoms with van der Waals surface area (Å²) in [6.45, 7) is 15.8. The predicted molar refractivity (Wildman–Crippen MR) is 139 cm³/mol. The molecule has 0 aliphatic carbocycles. The lowest BCUT2D eigenvalue weighted by molar-refractivity contribution is 0.370. The van der Waals surface area contributed by atoms with Crippen molar-refractivity contribution in [2.24, 2.45) is 5.41 Å². The number of aromatic nitrogens is 1. The Morgan fingerprint density at radius 2 is 1.69 bits per heavy atom. The number of furan rings is 1. The van der Waals surface area contributed by atoms with Crippen LogP contribution in [0.25, 0.3) is 42.4 Å². The minimum absolute atomic E-state index is 0.0466. The number of benzene rings is 2. The van der Waals surface area contributed by atoms with E-state index < -0.39 is 0 Å². The summed E-state index contributed by atoms with van der Waals surface area (Å²) in [5.41, 5.74) is 5.09. The van der Waals surface area contributed by atoms with Gasteiger partial charge in [0, 0.05) is 29.0 Å². The molecule has 0 fully saturated rings. The molecule has 0 saturated carbocycles. The molecule has 0 radical (unpaired) electrons. The summed E-state index contributed by atoms with van der Waals surface area (Å²) in [6.07, 6.45) is 2.89. The number of thiophene rings is 1. The highest BCUT2D eigenvalue weighted by Crippen LogP contribution is 2.44. The van der Waals surface area contributed by atoms with Crippen molar-refractivity contribution in [2.75, 3.05) is 0 Å². The lowest BCUT2D eigenvalue weighted by Gasteiger charge is -2.22. The van der Waals surface area contributed by atoms with Crippen molar-refractivity contribution in [1.29, 1.82) is 0 Å². The highest BCUT2D eigenvalue weighted by atomic mass is 32.1. The number of hydrogen-bond acceptors (Lipinski definition) is 3.